The van der Waals surface area contributed by atoms with Crippen LogP contribution >= 0.6 is 0 Å². The van der Waals surface area contributed by atoms with Gasteiger partial charge in [-0.2, -0.15) is 0 Å². The molecule has 0 bridgehead atoms. The highest BCUT2D eigenvalue weighted by Crippen LogP contribution is 2.52. The average Bonchev–Trinajstić information content (AvgIpc) is 2.82. The largest absolute Gasteiger partial charge is 0.316 e. The summed E-state index contributed by atoms with van der Waals surface area (Å²) in [4.78, 5) is 4.87. The van der Waals surface area contributed by atoms with Crippen molar-refractivity contribution >= 4 is 22.7 Å². The van der Waals surface area contributed by atoms with E-state index in [0.29, 0.717) is 0 Å². The standard InChI is InChI=1S/C22H22N2/c1-17-11-7-8-14-19(17)24-21-16-10-9-15-20(21)23(22(24,2)3)18-12-5-4-6-13-18/h4-16H,1-3H3. The van der Waals surface area contributed by atoms with E-state index in [0.717, 1.165) is 0 Å². The Morgan fingerprint density at radius 2 is 1.08 bits per heavy atom. The first kappa shape index (κ1) is 14.8. The molecule has 0 fully saturated rings. The number of hydrogen-bond donors (Lipinski definition) is 0. The maximum absolute atomic E-state index is 2.45. The first-order valence-corrected chi connectivity index (χ1v) is 8.41. The van der Waals surface area contributed by atoms with Gasteiger partial charge in [0, 0.05) is 11.4 Å². The molecular weight excluding hydrogens is 292 g/mol. The minimum Gasteiger partial charge on any atom is -0.316 e. The van der Waals surface area contributed by atoms with E-state index >= 15 is 0 Å². The molecule has 0 saturated carbocycles. The van der Waals surface area contributed by atoms with Gasteiger partial charge in [0.25, 0.3) is 0 Å². The van der Waals surface area contributed by atoms with E-state index in [1.54, 1.807) is 0 Å². The lowest BCUT2D eigenvalue weighted by molar-refractivity contribution is 0.539. The zero-order valence-electron chi connectivity index (χ0n) is 14.4. The van der Waals surface area contributed by atoms with Gasteiger partial charge >= 0.3 is 0 Å². The molecule has 1 aliphatic heterocycles. The second-order valence-electron chi connectivity index (χ2n) is 6.78. The summed E-state index contributed by atoms with van der Waals surface area (Å²) in [5, 5.41) is 0. The first-order chi connectivity index (χ1) is 11.6. The van der Waals surface area contributed by atoms with Crippen LogP contribution in [0, 0.1) is 6.92 Å². The van der Waals surface area contributed by atoms with Crippen molar-refractivity contribution in [2.24, 2.45) is 0 Å². The van der Waals surface area contributed by atoms with Crippen LogP contribution in [0.25, 0.3) is 0 Å². The van der Waals surface area contributed by atoms with Crippen LogP contribution in [-0.2, 0) is 0 Å². The quantitative estimate of drug-likeness (QED) is 0.570. The molecule has 0 aromatic heterocycles. The Kier molecular flexibility index (Phi) is 3.34. The number of anilines is 4. The molecular formula is C22H22N2. The number of rotatable bonds is 2. The van der Waals surface area contributed by atoms with Gasteiger partial charge in [-0.05, 0) is 56.7 Å². The van der Waals surface area contributed by atoms with Crippen LogP contribution in [0.1, 0.15) is 19.4 Å². The number of benzene rings is 3. The lowest BCUT2D eigenvalue weighted by Gasteiger charge is -2.41. The number of aryl methyl sites for hydroxylation is 1. The van der Waals surface area contributed by atoms with Gasteiger partial charge in [0.2, 0.25) is 0 Å². The smallest absolute Gasteiger partial charge is 0.116 e. The Morgan fingerprint density at radius 3 is 1.71 bits per heavy atom. The van der Waals surface area contributed by atoms with Gasteiger partial charge in [0.15, 0.2) is 0 Å². The molecule has 0 saturated heterocycles. The van der Waals surface area contributed by atoms with Crippen molar-refractivity contribution in [2.45, 2.75) is 26.4 Å². The fourth-order valence-electron chi connectivity index (χ4n) is 3.80. The Bertz CT molecular complexity index is 868. The van der Waals surface area contributed by atoms with Crippen molar-refractivity contribution in [2.75, 3.05) is 9.80 Å². The molecule has 1 aliphatic rings. The fraction of sp³-hybridized carbons (Fsp3) is 0.182. The molecule has 0 spiro atoms. The highest BCUT2D eigenvalue weighted by Gasteiger charge is 2.44. The zero-order chi connectivity index (χ0) is 16.7. The van der Waals surface area contributed by atoms with Crippen molar-refractivity contribution in [1.82, 2.24) is 0 Å². The molecule has 3 aromatic rings. The summed E-state index contributed by atoms with van der Waals surface area (Å²) in [5.41, 5.74) is 6.06. The number of hydrogen-bond acceptors (Lipinski definition) is 2. The third kappa shape index (κ3) is 2.10. The van der Waals surface area contributed by atoms with E-state index in [1.165, 1.54) is 28.3 Å². The average molecular weight is 314 g/mol. The summed E-state index contributed by atoms with van der Waals surface area (Å²) in [5.74, 6) is 0. The van der Waals surface area contributed by atoms with Crippen LogP contribution in [0.15, 0.2) is 78.9 Å². The van der Waals surface area contributed by atoms with Crippen molar-refractivity contribution in [3.8, 4) is 0 Å². The van der Waals surface area contributed by atoms with E-state index in [-0.39, 0.29) is 5.66 Å². The maximum atomic E-state index is 2.45. The first-order valence-electron chi connectivity index (χ1n) is 8.41. The molecule has 1 heterocycles. The van der Waals surface area contributed by atoms with E-state index in [1.807, 2.05) is 0 Å². The summed E-state index contributed by atoms with van der Waals surface area (Å²) in [6.07, 6.45) is 0. The molecule has 0 amide bonds. The maximum Gasteiger partial charge on any atom is 0.116 e. The summed E-state index contributed by atoms with van der Waals surface area (Å²) in [6.45, 7) is 6.75. The minimum atomic E-state index is -0.197. The Hall–Kier alpha value is -2.74. The minimum absolute atomic E-state index is 0.197. The van der Waals surface area contributed by atoms with E-state index < -0.39 is 0 Å². The Labute approximate surface area is 144 Å². The van der Waals surface area contributed by atoms with Gasteiger partial charge in [0.05, 0.1) is 11.4 Å². The molecule has 120 valence electrons. The van der Waals surface area contributed by atoms with Crippen molar-refractivity contribution in [3.63, 3.8) is 0 Å². The molecule has 3 aromatic carbocycles. The second kappa shape index (κ2) is 5.41. The molecule has 2 heteroatoms. The predicted molar refractivity (Wildman–Crippen MR) is 102 cm³/mol. The third-order valence-corrected chi connectivity index (χ3v) is 4.83. The molecule has 24 heavy (non-hydrogen) atoms. The Balaban J connectivity index is 1.96. The number of nitrogens with zero attached hydrogens (tertiary/aromatic N) is 2. The SMILES string of the molecule is Cc1ccccc1N1c2ccccc2N(c2ccccc2)C1(C)C. The summed E-state index contributed by atoms with van der Waals surface area (Å²) in [7, 11) is 0. The van der Waals surface area contributed by atoms with E-state index in [2.05, 4.69) is 109 Å². The van der Waals surface area contributed by atoms with Crippen LogP contribution < -0.4 is 9.80 Å². The molecule has 0 unspecified atom stereocenters. The topological polar surface area (TPSA) is 6.48 Å². The summed E-state index contributed by atoms with van der Waals surface area (Å²) in [6, 6.07) is 27.9. The Morgan fingerprint density at radius 1 is 0.583 bits per heavy atom. The lowest BCUT2D eigenvalue weighted by Crippen LogP contribution is -2.48. The van der Waals surface area contributed by atoms with Gasteiger partial charge in [-0.15, -0.1) is 0 Å². The van der Waals surface area contributed by atoms with Crippen molar-refractivity contribution < 1.29 is 0 Å². The highest BCUT2D eigenvalue weighted by molar-refractivity contribution is 5.90. The molecule has 4 rings (SSSR count). The van der Waals surface area contributed by atoms with Gasteiger partial charge in [-0.3, -0.25) is 0 Å². The summed E-state index contributed by atoms with van der Waals surface area (Å²) < 4.78 is 0. The van der Waals surface area contributed by atoms with E-state index in [4.69, 9.17) is 0 Å². The summed E-state index contributed by atoms with van der Waals surface area (Å²) >= 11 is 0. The van der Waals surface area contributed by atoms with Gasteiger partial charge in [-0.1, -0.05) is 48.5 Å². The van der Waals surface area contributed by atoms with Crippen LogP contribution in [0.2, 0.25) is 0 Å². The molecule has 2 nitrogen and oxygen atoms in total. The monoisotopic (exact) mass is 314 g/mol. The number of para-hydroxylation sites is 4. The van der Waals surface area contributed by atoms with Crippen LogP contribution in [-0.4, -0.2) is 5.66 Å². The van der Waals surface area contributed by atoms with Gasteiger partial charge in [-0.25, -0.2) is 0 Å². The fourth-order valence-corrected chi connectivity index (χ4v) is 3.80. The molecule has 0 N–H and O–H groups in total. The lowest BCUT2D eigenvalue weighted by atomic mass is 10.1. The van der Waals surface area contributed by atoms with Crippen molar-refractivity contribution in [1.29, 1.82) is 0 Å². The van der Waals surface area contributed by atoms with Gasteiger partial charge in [0.1, 0.15) is 5.66 Å². The predicted octanol–water partition coefficient (Wildman–Crippen LogP) is 6.02. The highest BCUT2D eigenvalue weighted by atomic mass is 15.5. The van der Waals surface area contributed by atoms with Crippen molar-refractivity contribution in [3.05, 3.63) is 84.4 Å². The molecule has 0 aliphatic carbocycles. The molecule has 0 atom stereocenters. The number of fused-ring (bicyclic) bond motifs is 1. The second-order valence-corrected chi connectivity index (χ2v) is 6.78. The van der Waals surface area contributed by atoms with Crippen LogP contribution in [0.5, 0.6) is 0 Å². The van der Waals surface area contributed by atoms with Crippen LogP contribution in [0.3, 0.4) is 0 Å². The third-order valence-electron chi connectivity index (χ3n) is 4.83. The van der Waals surface area contributed by atoms with Crippen LogP contribution in [0.4, 0.5) is 22.7 Å². The van der Waals surface area contributed by atoms with Gasteiger partial charge < -0.3 is 9.80 Å². The van der Waals surface area contributed by atoms with E-state index in [9.17, 15) is 0 Å². The normalized spacial score (nSPS) is 15.5. The molecule has 0 radical (unpaired) electrons. The zero-order valence-corrected chi connectivity index (χ0v) is 14.4.